The fourth-order valence-corrected chi connectivity index (χ4v) is 2.26. The van der Waals surface area contributed by atoms with E-state index >= 15 is 0 Å². The molecule has 0 saturated carbocycles. The van der Waals surface area contributed by atoms with Crippen molar-refractivity contribution in [3.8, 4) is 5.75 Å². The Balaban J connectivity index is 2.03. The van der Waals surface area contributed by atoms with Crippen LogP contribution in [0.25, 0.3) is 11.0 Å². The first kappa shape index (κ1) is 13.6. The molecular weight excluding hydrogens is 334 g/mol. The van der Waals surface area contributed by atoms with Crippen molar-refractivity contribution in [1.29, 1.82) is 0 Å². The minimum atomic E-state index is -0.512. The molecule has 0 radical (unpaired) electrons. The number of phenolic OH excluding ortho intramolecular Hbond substituents is 1. The van der Waals surface area contributed by atoms with Gasteiger partial charge < -0.3 is 9.52 Å². The first-order valence-corrected chi connectivity index (χ1v) is 6.98. The van der Waals surface area contributed by atoms with E-state index in [1.54, 1.807) is 36.4 Å². The highest BCUT2D eigenvalue weighted by atomic mass is 79.9. The Kier molecular flexibility index (Phi) is 3.58. The van der Waals surface area contributed by atoms with Crippen molar-refractivity contribution in [2.45, 2.75) is 0 Å². The number of hydrogen-bond acceptors (Lipinski definition) is 4. The molecular formula is C16H10BrNO3. The number of hydrogen-bond donors (Lipinski definition) is 1. The fourth-order valence-electron chi connectivity index (χ4n) is 1.91. The van der Waals surface area contributed by atoms with Crippen LogP contribution in [0.4, 0.5) is 5.69 Å². The van der Waals surface area contributed by atoms with E-state index in [1.807, 2.05) is 12.1 Å². The Bertz CT molecular complexity index is 899. The molecule has 3 rings (SSSR count). The fraction of sp³-hybridized carbons (Fsp3) is 0. The van der Waals surface area contributed by atoms with E-state index in [0.717, 1.165) is 9.86 Å². The zero-order valence-corrected chi connectivity index (χ0v) is 12.4. The third kappa shape index (κ3) is 2.87. The van der Waals surface area contributed by atoms with Crippen LogP contribution in [0.2, 0.25) is 0 Å². The van der Waals surface area contributed by atoms with E-state index in [4.69, 9.17) is 4.42 Å². The first-order valence-electron chi connectivity index (χ1n) is 6.19. The Morgan fingerprint density at radius 3 is 2.76 bits per heavy atom. The number of para-hydroxylation sites is 1. The zero-order valence-electron chi connectivity index (χ0n) is 10.8. The molecule has 5 heteroatoms. The van der Waals surface area contributed by atoms with E-state index in [9.17, 15) is 9.90 Å². The van der Waals surface area contributed by atoms with Gasteiger partial charge >= 0.3 is 5.63 Å². The highest BCUT2D eigenvalue weighted by Crippen LogP contribution is 2.22. The molecule has 0 bridgehead atoms. The average Bonchev–Trinajstić information content (AvgIpc) is 2.46. The molecule has 0 fully saturated rings. The summed E-state index contributed by atoms with van der Waals surface area (Å²) in [7, 11) is 0. The monoisotopic (exact) mass is 343 g/mol. The van der Waals surface area contributed by atoms with Crippen LogP contribution in [0.5, 0.6) is 5.75 Å². The second-order valence-electron chi connectivity index (χ2n) is 4.42. The molecule has 0 aliphatic rings. The third-order valence-electron chi connectivity index (χ3n) is 2.96. The van der Waals surface area contributed by atoms with Crippen molar-refractivity contribution in [3.63, 3.8) is 0 Å². The highest BCUT2D eigenvalue weighted by Gasteiger charge is 2.04. The lowest BCUT2D eigenvalue weighted by atomic mass is 10.2. The number of aromatic hydroxyl groups is 1. The second-order valence-corrected chi connectivity index (χ2v) is 5.33. The van der Waals surface area contributed by atoms with Gasteiger partial charge in [-0.15, -0.1) is 0 Å². The molecule has 2 aromatic carbocycles. The summed E-state index contributed by atoms with van der Waals surface area (Å²) in [6.45, 7) is 0. The molecule has 0 amide bonds. The lowest BCUT2D eigenvalue weighted by molar-refractivity contribution is 0.474. The van der Waals surface area contributed by atoms with Crippen molar-refractivity contribution in [2.75, 3.05) is 0 Å². The van der Waals surface area contributed by atoms with Gasteiger partial charge in [-0.2, -0.15) is 0 Å². The number of aliphatic imine (C=N–C) groups is 1. The molecule has 1 N–H and O–H groups in total. The Morgan fingerprint density at radius 2 is 1.95 bits per heavy atom. The highest BCUT2D eigenvalue weighted by molar-refractivity contribution is 9.10. The molecule has 3 aromatic rings. The summed E-state index contributed by atoms with van der Waals surface area (Å²) in [5, 5.41) is 10.6. The molecule has 0 saturated heterocycles. The maximum absolute atomic E-state index is 11.8. The van der Waals surface area contributed by atoms with Crippen LogP contribution in [0.15, 0.2) is 67.2 Å². The van der Waals surface area contributed by atoms with Gasteiger partial charge in [0.05, 0.1) is 0 Å². The largest absolute Gasteiger partial charge is 0.507 e. The predicted octanol–water partition coefficient (Wildman–Crippen LogP) is 4.01. The quantitative estimate of drug-likeness (QED) is 0.564. The normalized spacial score (nSPS) is 11.3. The van der Waals surface area contributed by atoms with Gasteiger partial charge in [0.2, 0.25) is 0 Å². The van der Waals surface area contributed by atoms with Crippen molar-refractivity contribution in [2.24, 2.45) is 4.99 Å². The Morgan fingerprint density at radius 1 is 1.14 bits per heavy atom. The summed E-state index contributed by atoms with van der Waals surface area (Å²) in [6.07, 6.45) is 1.43. The van der Waals surface area contributed by atoms with Gasteiger partial charge in [-0.05, 0) is 30.3 Å². The van der Waals surface area contributed by atoms with Crippen LogP contribution in [0, 0.1) is 0 Å². The van der Waals surface area contributed by atoms with Gasteiger partial charge in [-0.25, -0.2) is 9.79 Å². The van der Waals surface area contributed by atoms with Crippen LogP contribution in [0.3, 0.4) is 0 Å². The second kappa shape index (κ2) is 5.54. The summed E-state index contributed by atoms with van der Waals surface area (Å²) >= 11 is 3.26. The third-order valence-corrected chi connectivity index (χ3v) is 3.45. The molecule has 0 unspecified atom stereocenters. The number of benzene rings is 2. The molecule has 0 atom stereocenters. The van der Waals surface area contributed by atoms with Gasteiger partial charge in [-0.3, -0.25) is 0 Å². The lowest BCUT2D eigenvalue weighted by Crippen LogP contribution is -1.98. The van der Waals surface area contributed by atoms with E-state index in [2.05, 4.69) is 20.9 Å². The minimum absolute atomic E-state index is 0.0818. The summed E-state index contributed by atoms with van der Waals surface area (Å²) in [5.41, 5.74) is 0.719. The SMILES string of the molecule is O=c1oc2ccccc2cc1N=Cc1ccc(Br)cc1O. The standard InChI is InChI=1S/C16H10BrNO3/c17-12-6-5-11(14(19)8-12)9-18-13-7-10-3-1-2-4-15(10)21-16(13)20/h1-9,19H. The first-order chi connectivity index (χ1) is 10.1. The summed E-state index contributed by atoms with van der Waals surface area (Å²) in [6, 6.07) is 13.9. The molecule has 0 aliphatic heterocycles. The van der Waals surface area contributed by atoms with Crippen molar-refractivity contribution in [3.05, 3.63) is 69.0 Å². The summed E-state index contributed by atoms with van der Waals surface area (Å²) in [5.74, 6) is 0.0818. The molecule has 1 aromatic heterocycles. The molecule has 4 nitrogen and oxygen atoms in total. The van der Waals surface area contributed by atoms with Crippen LogP contribution in [-0.2, 0) is 0 Å². The Labute approximate surface area is 128 Å². The lowest BCUT2D eigenvalue weighted by Gasteiger charge is -2.00. The molecule has 0 aliphatic carbocycles. The van der Waals surface area contributed by atoms with E-state index in [1.165, 1.54) is 6.21 Å². The van der Waals surface area contributed by atoms with Crippen LogP contribution >= 0.6 is 15.9 Å². The van der Waals surface area contributed by atoms with Crippen molar-refractivity contribution < 1.29 is 9.52 Å². The maximum Gasteiger partial charge on any atom is 0.362 e. The molecule has 104 valence electrons. The van der Waals surface area contributed by atoms with Gasteiger partial charge in [0.25, 0.3) is 0 Å². The number of nitrogens with zero attached hydrogens (tertiary/aromatic N) is 1. The van der Waals surface area contributed by atoms with Gasteiger partial charge in [-0.1, -0.05) is 34.1 Å². The number of rotatable bonds is 2. The van der Waals surface area contributed by atoms with E-state index < -0.39 is 5.63 Å². The van der Waals surface area contributed by atoms with Crippen molar-refractivity contribution in [1.82, 2.24) is 0 Å². The van der Waals surface area contributed by atoms with Gasteiger partial charge in [0.1, 0.15) is 17.0 Å². The summed E-state index contributed by atoms with van der Waals surface area (Å²) in [4.78, 5) is 16.0. The molecule has 1 heterocycles. The number of phenols is 1. The topological polar surface area (TPSA) is 62.8 Å². The summed E-state index contributed by atoms with van der Waals surface area (Å²) < 4.78 is 5.96. The van der Waals surface area contributed by atoms with Gasteiger partial charge in [0, 0.05) is 21.6 Å². The maximum atomic E-state index is 11.8. The number of halogens is 1. The zero-order chi connectivity index (χ0) is 14.8. The van der Waals surface area contributed by atoms with Crippen LogP contribution < -0.4 is 5.63 Å². The van der Waals surface area contributed by atoms with Crippen LogP contribution in [-0.4, -0.2) is 11.3 Å². The predicted molar refractivity (Wildman–Crippen MR) is 85.5 cm³/mol. The Hall–Kier alpha value is -2.40. The average molecular weight is 344 g/mol. The van der Waals surface area contributed by atoms with E-state index in [-0.39, 0.29) is 11.4 Å². The smallest absolute Gasteiger partial charge is 0.362 e. The molecule has 21 heavy (non-hydrogen) atoms. The number of fused-ring (bicyclic) bond motifs is 1. The van der Waals surface area contributed by atoms with E-state index in [0.29, 0.717) is 11.1 Å². The molecule has 0 spiro atoms. The van der Waals surface area contributed by atoms with Gasteiger partial charge in [0.15, 0.2) is 0 Å². The van der Waals surface area contributed by atoms with Crippen LogP contribution in [0.1, 0.15) is 5.56 Å². The van der Waals surface area contributed by atoms with Crippen molar-refractivity contribution >= 4 is 38.8 Å². The minimum Gasteiger partial charge on any atom is -0.507 e.